The summed E-state index contributed by atoms with van der Waals surface area (Å²) >= 11 is 0. The number of hydrogen-bond acceptors (Lipinski definition) is 7. The Morgan fingerprint density at radius 2 is 1.81 bits per heavy atom. The van der Waals surface area contributed by atoms with Gasteiger partial charge in [0.2, 0.25) is 0 Å². The highest BCUT2D eigenvalue weighted by Gasteiger charge is 2.22. The smallest absolute Gasteiger partial charge is 0.116 e. The zero-order chi connectivity index (χ0) is 31.6. The van der Waals surface area contributed by atoms with Gasteiger partial charge >= 0.3 is 0 Å². The highest BCUT2D eigenvalue weighted by Crippen LogP contribution is 2.26. The van der Waals surface area contributed by atoms with Crippen molar-refractivity contribution in [1.82, 2.24) is 4.90 Å². The molecule has 1 aliphatic rings. The van der Waals surface area contributed by atoms with Gasteiger partial charge in [-0.15, -0.1) is 0 Å². The molecule has 0 aliphatic carbocycles. The molecular weight excluding hydrogens is 534 g/mol. The third-order valence-electron chi connectivity index (χ3n) is 6.98. The lowest BCUT2D eigenvalue weighted by Gasteiger charge is -2.34. The maximum atomic E-state index is 9.61. The third kappa shape index (κ3) is 12.0. The van der Waals surface area contributed by atoms with E-state index in [1.54, 1.807) is 19.2 Å². The summed E-state index contributed by atoms with van der Waals surface area (Å²) in [6.07, 6.45) is 7.01. The minimum absolute atomic E-state index is 0.280. The van der Waals surface area contributed by atoms with E-state index in [0.29, 0.717) is 12.0 Å². The average molecular weight is 584 g/mol. The Balaban J connectivity index is 0.000000310. The minimum atomic E-state index is 0.280. The second-order valence-electron chi connectivity index (χ2n) is 10.7. The van der Waals surface area contributed by atoms with Crippen molar-refractivity contribution in [3.63, 3.8) is 0 Å². The number of morpholine rings is 1. The first kappa shape index (κ1) is 35.1. The van der Waals surface area contributed by atoms with Crippen LogP contribution in [-0.4, -0.2) is 68.5 Å². The fourth-order valence-corrected chi connectivity index (χ4v) is 4.73. The molecule has 3 aromatic rings. The van der Waals surface area contributed by atoms with Crippen molar-refractivity contribution in [2.24, 2.45) is 15.9 Å². The molecule has 1 unspecified atom stereocenters. The van der Waals surface area contributed by atoms with Gasteiger partial charge in [-0.3, -0.25) is 14.9 Å². The van der Waals surface area contributed by atoms with Gasteiger partial charge in [-0.05, 0) is 97.1 Å². The molecule has 1 aliphatic heterocycles. The van der Waals surface area contributed by atoms with Crippen LogP contribution in [0.3, 0.4) is 0 Å². The summed E-state index contributed by atoms with van der Waals surface area (Å²) in [7, 11) is 1.79. The van der Waals surface area contributed by atoms with E-state index in [4.69, 9.17) is 10.1 Å². The van der Waals surface area contributed by atoms with Gasteiger partial charge in [-0.25, -0.2) is 0 Å². The third-order valence-corrected chi connectivity index (χ3v) is 6.98. The van der Waals surface area contributed by atoms with Gasteiger partial charge in [0.25, 0.3) is 0 Å². The summed E-state index contributed by atoms with van der Waals surface area (Å²) in [4.78, 5) is 10.7. The molecular formula is C36H49N5O2. The van der Waals surface area contributed by atoms with Crippen LogP contribution in [0.5, 0.6) is 5.75 Å². The standard InChI is InChI=1S/C22H22N2O.C13H24N2O.CH3N/c1-3-16-13-21(12-9-19(16)15-23-2)24-20-10-7-17(8-11-20)18-5-4-6-22(25)14-18;1-5-14-8-12(4)9-15-6-7-16-13(10-15)11(2)3;1-2/h4-15,24-25H,3H2,1-2H3;5,8,11,13H,6-7,9-10H2,1-4H3;2H,1H2/b;12-8-,14-5?;. The van der Waals surface area contributed by atoms with Crippen molar-refractivity contribution in [3.05, 3.63) is 89.6 Å². The number of nitrogens with zero attached hydrogens (tertiary/aromatic N) is 3. The molecule has 0 radical (unpaired) electrons. The first-order valence-corrected chi connectivity index (χ1v) is 14.9. The molecule has 7 nitrogen and oxygen atoms in total. The van der Waals surface area contributed by atoms with Crippen LogP contribution in [0.1, 0.15) is 45.7 Å². The summed E-state index contributed by atoms with van der Waals surface area (Å²) in [6.45, 7) is 17.1. The van der Waals surface area contributed by atoms with E-state index in [0.717, 1.165) is 60.7 Å². The Morgan fingerprint density at radius 1 is 1.09 bits per heavy atom. The Labute approximate surface area is 258 Å². The van der Waals surface area contributed by atoms with E-state index in [1.807, 2.05) is 49.8 Å². The molecule has 1 heterocycles. The summed E-state index contributed by atoms with van der Waals surface area (Å²) in [5.41, 5.74) is 7.91. The number of aryl methyl sites for hydroxylation is 1. The van der Waals surface area contributed by atoms with Gasteiger partial charge in [0, 0.05) is 56.7 Å². The fraction of sp³-hybridized carbons (Fsp3) is 0.361. The molecule has 0 spiro atoms. The van der Waals surface area contributed by atoms with Crippen LogP contribution in [-0.2, 0) is 11.2 Å². The van der Waals surface area contributed by atoms with Crippen LogP contribution in [0, 0.1) is 11.3 Å². The number of phenolic OH excluding ortho intramolecular Hbond substituents is 1. The molecule has 0 amide bonds. The van der Waals surface area contributed by atoms with Gasteiger partial charge in [0.1, 0.15) is 5.75 Å². The predicted octanol–water partition coefficient (Wildman–Crippen LogP) is 8.02. The molecule has 230 valence electrons. The Kier molecular flexibility index (Phi) is 15.7. The largest absolute Gasteiger partial charge is 0.508 e. The van der Waals surface area contributed by atoms with Crippen molar-refractivity contribution >= 4 is 30.5 Å². The molecule has 7 heteroatoms. The molecule has 4 rings (SSSR count). The molecule has 1 saturated heterocycles. The average Bonchev–Trinajstić information content (AvgIpc) is 3.02. The topological polar surface area (TPSA) is 93.3 Å². The van der Waals surface area contributed by atoms with Gasteiger partial charge < -0.3 is 20.6 Å². The lowest BCUT2D eigenvalue weighted by molar-refractivity contribution is -0.0476. The number of aliphatic imine (C=N–C) groups is 2. The highest BCUT2D eigenvalue weighted by atomic mass is 16.5. The Hall–Kier alpha value is -4.07. The predicted molar refractivity (Wildman–Crippen MR) is 185 cm³/mol. The van der Waals surface area contributed by atoms with Crippen LogP contribution in [0.4, 0.5) is 11.4 Å². The van der Waals surface area contributed by atoms with E-state index in [1.165, 1.54) is 11.1 Å². The molecule has 1 atom stereocenters. The summed E-state index contributed by atoms with van der Waals surface area (Å²) in [5.74, 6) is 0.878. The SMILES string of the molecule is C=N.CC=N/C=C(/C)CN1CCOC(C(C)C)C1.CCc1cc(Nc2ccc(-c3cccc(O)c3)cc2)ccc1C=NC. The first-order chi connectivity index (χ1) is 20.8. The number of nitrogens with one attached hydrogen (secondary N) is 2. The van der Waals surface area contributed by atoms with Gasteiger partial charge in [0.05, 0.1) is 12.7 Å². The van der Waals surface area contributed by atoms with Crippen LogP contribution >= 0.6 is 0 Å². The number of rotatable bonds is 9. The van der Waals surface area contributed by atoms with Crippen LogP contribution in [0.15, 0.2) is 88.5 Å². The summed E-state index contributed by atoms with van der Waals surface area (Å²) < 4.78 is 5.74. The molecule has 0 saturated carbocycles. The fourth-order valence-electron chi connectivity index (χ4n) is 4.73. The number of hydrogen-bond donors (Lipinski definition) is 3. The van der Waals surface area contributed by atoms with Crippen molar-refractivity contribution < 1.29 is 9.84 Å². The first-order valence-electron chi connectivity index (χ1n) is 14.9. The quantitative estimate of drug-likeness (QED) is 0.222. The molecule has 0 bridgehead atoms. The summed E-state index contributed by atoms with van der Waals surface area (Å²) in [6, 6.07) is 21.8. The van der Waals surface area contributed by atoms with Crippen molar-refractivity contribution in [1.29, 1.82) is 5.41 Å². The second kappa shape index (κ2) is 19.2. The van der Waals surface area contributed by atoms with Crippen molar-refractivity contribution in [2.45, 2.75) is 47.1 Å². The van der Waals surface area contributed by atoms with Crippen molar-refractivity contribution in [3.8, 4) is 16.9 Å². The van der Waals surface area contributed by atoms with E-state index in [2.05, 4.69) is 84.9 Å². The van der Waals surface area contributed by atoms with E-state index in [9.17, 15) is 5.11 Å². The van der Waals surface area contributed by atoms with Gasteiger partial charge in [0.15, 0.2) is 0 Å². The monoisotopic (exact) mass is 583 g/mol. The molecule has 1 fully saturated rings. The number of phenols is 1. The van der Waals surface area contributed by atoms with Crippen molar-refractivity contribution in [2.75, 3.05) is 38.6 Å². The zero-order valence-electron chi connectivity index (χ0n) is 26.7. The molecule has 43 heavy (non-hydrogen) atoms. The Morgan fingerprint density at radius 3 is 2.44 bits per heavy atom. The second-order valence-corrected chi connectivity index (χ2v) is 10.7. The van der Waals surface area contributed by atoms with Gasteiger partial charge in [-0.1, -0.05) is 51.1 Å². The maximum Gasteiger partial charge on any atom is 0.116 e. The lowest BCUT2D eigenvalue weighted by atomic mass is 10.0. The number of ether oxygens (including phenoxy) is 1. The van der Waals surface area contributed by atoms with Gasteiger partial charge in [-0.2, -0.15) is 0 Å². The molecule has 3 N–H and O–H groups in total. The lowest BCUT2D eigenvalue weighted by Crippen LogP contribution is -2.45. The molecule has 3 aromatic carbocycles. The number of anilines is 2. The molecule has 0 aromatic heterocycles. The van der Waals surface area contributed by atoms with E-state index >= 15 is 0 Å². The normalized spacial score (nSPS) is 15.6. The maximum absolute atomic E-state index is 9.61. The van der Waals surface area contributed by atoms with Crippen LogP contribution in [0.25, 0.3) is 11.1 Å². The van der Waals surface area contributed by atoms with Crippen LogP contribution in [0.2, 0.25) is 0 Å². The van der Waals surface area contributed by atoms with E-state index < -0.39 is 0 Å². The highest BCUT2D eigenvalue weighted by molar-refractivity contribution is 5.83. The zero-order valence-corrected chi connectivity index (χ0v) is 26.7. The van der Waals surface area contributed by atoms with E-state index in [-0.39, 0.29) is 5.75 Å². The number of benzene rings is 3. The Bertz CT molecular complexity index is 1330. The van der Waals surface area contributed by atoms with Crippen LogP contribution < -0.4 is 5.32 Å². The minimum Gasteiger partial charge on any atom is -0.508 e. The number of aromatic hydroxyl groups is 1. The summed E-state index contributed by atoms with van der Waals surface area (Å²) in [5, 5.41) is 18.6.